The van der Waals surface area contributed by atoms with Crippen molar-refractivity contribution in [1.82, 2.24) is 0 Å². The standard InChI is InChI=1S/C15H12ClNO2/c16-11-2-5-13(6-3-11)18-9-14-7-10-1-4-12(17)8-15(10)19-14/h1-8H,9,17H2. The Kier molecular flexibility index (Phi) is 3.05. The van der Waals surface area contributed by atoms with Gasteiger partial charge in [0.2, 0.25) is 0 Å². The highest BCUT2D eigenvalue weighted by Gasteiger charge is 2.05. The van der Waals surface area contributed by atoms with Crippen molar-refractivity contribution in [3.8, 4) is 5.75 Å². The molecule has 3 aromatic rings. The lowest BCUT2D eigenvalue weighted by molar-refractivity contribution is 0.274. The van der Waals surface area contributed by atoms with E-state index in [1.165, 1.54) is 0 Å². The second-order valence-electron chi connectivity index (χ2n) is 4.25. The Hall–Kier alpha value is -2.13. The molecule has 0 spiro atoms. The number of benzene rings is 2. The summed E-state index contributed by atoms with van der Waals surface area (Å²) >= 11 is 5.81. The Labute approximate surface area is 115 Å². The molecular formula is C15H12ClNO2. The number of ether oxygens (including phenoxy) is 1. The number of hydrogen-bond donors (Lipinski definition) is 1. The number of nitrogens with two attached hydrogens (primary N) is 1. The number of anilines is 1. The number of furan rings is 1. The molecule has 96 valence electrons. The summed E-state index contributed by atoms with van der Waals surface area (Å²) in [6.45, 7) is 0.371. The van der Waals surface area contributed by atoms with Crippen molar-refractivity contribution < 1.29 is 9.15 Å². The van der Waals surface area contributed by atoms with Crippen molar-refractivity contribution >= 4 is 28.3 Å². The second kappa shape index (κ2) is 4.86. The minimum absolute atomic E-state index is 0.371. The summed E-state index contributed by atoms with van der Waals surface area (Å²) in [4.78, 5) is 0. The minimum Gasteiger partial charge on any atom is -0.486 e. The first-order valence-corrected chi connectivity index (χ1v) is 6.25. The Morgan fingerprint density at radius 3 is 2.63 bits per heavy atom. The van der Waals surface area contributed by atoms with Gasteiger partial charge in [-0.2, -0.15) is 0 Å². The zero-order valence-corrected chi connectivity index (χ0v) is 10.9. The van der Waals surface area contributed by atoms with E-state index in [0.29, 0.717) is 17.3 Å². The zero-order valence-electron chi connectivity index (χ0n) is 10.1. The summed E-state index contributed by atoms with van der Waals surface area (Å²) in [6.07, 6.45) is 0. The molecule has 0 saturated heterocycles. The highest BCUT2D eigenvalue weighted by atomic mass is 35.5. The lowest BCUT2D eigenvalue weighted by Gasteiger charge is -2.03. The molecule has 0 saturated carbocycles. The van der Waals surface area contributed by atoms with Gasteiger partial charge in [0.1, 0.15) is 23.7 Å². The minimum atomic E-state index is 0.371. The third-order valence-electron chi connectivity index (χ3n) is 2.79. The molecule has 0 fully saturated rings. The first kappa shape index (κ1) is 11.9. The van der Waals surface area contributed by atoms with Crippen molar-refractivity contribution in [3.05, 3.63) is 59.3 Å². The molecule has 0 aliphatic carbocycles. The maximum absolute atomic E-state index is 5.81. The second-order valence-corrected chi connectivity index (χ2v) is 4.69. The summed E-state index contributed by atoms with van der Waals surface area (Å²) in [6, 6.07) is 14.8. The lowest BCUT2D eigenvalue weighted by atomic mass is 10.2. The van der Waals surface area contributed by atoms with Crippen LogP contribution in [0.5, 0.6) is 5.75 Å². The highest BCUT2D eigenvalue weighted by Crippen LogP contribution is 2.23. The van der Waals surface area contributed by atoms with Crippen LogP contribution in [0.1, 0.15) is 5.76 Å². The van der Waals surface area contributed by atoms with Gasteiger partial charge in [0.25, 0.3) is 0 Å². The molecule has 0 aliphatic rings. The molecule has 0 unspecified atom stereocenters. The van der Waals surface area contributed by atoms with Crippen molar-refractivity contribution in [3.63, 3.8) is 0 Å². The van der Waals surface area contributed by atoms with Crippen LogP contribution in [-0.4, -0.2) is 0 Å². The average molecular weight is 274 g/mol. The maximum atomic E-state index is 5.81. The quantitative estimate of drug-likeness (QED) is 0.726. The number of rotatable bonds is 3. The molecular weight excluding hydrogens is 262 g/mol. The van der Waals surface area contributed by atoms with E-state index in [1.807, 2.05) is 30.3 Å². The highest BCUT2D eigenvalue weighted by molar-refractivity contribution is 6.30. The van der Waals surface area contributed by atoms with Crippen molar-refractivity contribution in [2.24, 2.45) is 0 Å². The van der Waals surface area contributed by atoms with Crippen molar-refractivity contribution in [1.29, 1.82) is 0 Å². The van der Waals surface area contributed by atoms with Gasteiger partial charge in [-0.3, -0.25) is 0 Å². The van der Waals surface area contributed by atoms with Crippen LogP contribution < -0.4 is 10.5 Å². The van der Waals surface area contributed by atoms with Crippen molar-refractivity contribution in [2.45, 2.75) is 6.61 Å². The van der Waals surface area contributed by atoms with E-state index in [0.717, 1.165) is 22.5 Å². The van der Waals surface area contributed by atoms with Crippen LogP contribution >= 0.6 is 11.6 Å². The predicted molar refractivity (Wildman–Crippen MR) is 76.4 cm³/mol. The van der Waals surface area contributed by atoms with E-state index in [4.69, 9.17) is 26.5 Å². The van der Waals surface area contributed by atoms with E-state index in [9.17, 15) is 0 Å². The van der Waals surface area contributed by atoms with Gasteiger partial charge in [0.15, 0.2) is 0 Å². The van der Waals surface area contributed by atoms with Gasteiger partial charge in [-0.05, 0) is 42.5 Å². The van der Waals surface area contributed by atoms with Crippen LogP contribution in [0.2, 0.25) is 5.02 Å². The van der Waals surface area contributed by atoms with Gasteiger partial charge < -0.3 is 14.9 Å². The van der Waals surface area contributed by atoms with E-state index < -0.39 is 0 Å². The van der Waals surface area contributed by atoms with Crippen LogP contribution in [0.4, 0.5) is 5.69 Å². The molecule has 2 N–H and O–H groups in total. The monoisotopic (exact) mass is 273 g/mol. The fraction of sp³-hybridized carbons (Fsp3) is 0.0667. The summed E-state index contributed by atoms with van der Waals surface area (Å²) in [5, 5.41) is 1.70. The Morgan fingerprint density at radius 2 is 1.84 bits per heavy atom. The van der Waals surface area contributed by atoms with Crippen molar-refractivity contribution in [2.75, 3.05) is 5.73 Å². The SMILES string of the molecule is Nc1ccc2cc(COc3ccc(Cl)cc3)oc2c1. The van der Waals surface area contributed by atoms with Crippen LogP contribution in [-0.2, 0) is 6.61 Å². The topological polar surface area (TPSA) is 48.4 Å². The van der Waals surface area contributed by atoms with Crippen LogP contribution in [0.3, 0.4) is 0 Å². The smallest absolute Gasteiger partial charge is 0.146 e. The molecule has 2 aromatic carbocycles. The first-order chi connectivity index (χ1) is 9.20. The number of nitrogen functional groups attached to an aromatic ring is 1. The predicted octanol–water partition coefficient (Wildman–Crippen LogP) is 4.25. The third-order valence-corrected chi connectivity index (χ3v) is 3.04. The molecule has 4 heteroatoms. The Balaban J connectivity index is 1.76. The Bertz CT molecular complexity index is 704. The fourth-order valence-electron chi connectivity index (χ4n) is 1.86. The molecule has 1 aromatic heterocycles. The van der Waals surface area contributed by atoms with Gasteiger partial charge in [-0.15, -0.1) is 0 Å². The van der Waals surface area contributed by atoms with Crippen LogP contribution in [0.25, 0.3) is 11.0 Å². The van der Waals surface area contributed by atoms with E-state index in [-0.39, 0.29) is 0 Å². The number of hydrogen-bond acceptors (Lipinski definition) is 3. The lowest BCUT2D eigenvalue weighted by Crippen LogP contribution is -1.92. The van der Waals surface area contributed by atoms with E-state index in [1.54, 1.807) is 18.2 Å². The molecule has 1 heterocycles. The zero-order chi connectivity index (χ0) is 13.2. The van der Waals surface area contributed by atoms with E-state index in [2.05, 4.69) is 0 Å². The summed E-state index contributed by atoms with van der Waals surface area (Å²) in [7, 11) is 0. The molecule has 3 nitrogen and oxygen atoms in total. The number of halogens is 1. The molecule has 0 atom stereocenters. The average Bonchev–Trinajstić information content (AvgIpc) is 2.80. The fourth-order valence-corrected chi connectivity index (χ4v) is 1.99. The molecule has 19 heavy (non-hydrogen) atoms. The van der Waals surface area contributed by atoms with Gasteiger partial charge in [0.05, 0.1) is 0 Å². The third kappa shape index (κ3) is 2.66. The molecule has 0 amide bonds. The van der Waals surface area contributed by atoms with Crippen LogP contribution in [0.15, 0.2) is 52.9 Å². The normalized spacial score (nSPS) is 10.8. The van der Waals surface area contributed by atoms with E-state index >= 15 is 0 Å². The molecule has 0 bridgehead atoms. The van der Waals surface area contributed by atoms with Gasteiger partial charge in [-0.1, -0.05) is 11.6 Å². The molecule has 0 radical (unpaired) electrons. The van der Waals surface area contributed by atoms with Gasteiger partial charge >= 0.3 is 0 Å². The maximum Gasteiger partial charge on any atom is 0.146 e. The summed E-state index contributed by atoms with van der Waals surface area (Å²) < 4.78 is 11.3. The van der Waals surface area contributed by atoms with Gasteiger partial charge in [0, 0.05) is 22.2 Å². The largest absolute Gasteiger partial charge is 0.486 e. The van der Waals surface area contributed by atoms with Crippen LogP contribution in [0, 0.1) is 0 Å². The van der Waals surface area contributed by atoms with Gasteiger partial charge in [-0.25, -0.2) is 0 Å². The molecule has 3 rings (SSSR count). The summed E-state index contributed by atoms with van der Waals surface area (Å²) in [5.74, 6) is 1.51. The number of fused-ring (bicyclic) bond motifs is 1. The first-order valence-electron chi connectivity index (χ1n) is 5.87. The summed E-state index contributed by atoms with van der Waals surface area (Å²) in [5.41, 5.74) is 7.17. The molecule has 0 aliphatic heterocycles. The Morgan fingerprint density at radius 1 is 1.05 bits per heavy atom.